The minimum Gasteiger partial charge on any atom is -0.356 e. The first-order valence-electron chi connectivity index (χ1n) is 5.94. The monoisotopic (exact) mass is 331 g/mol. The van der Waals surface area contributed by atoms with Gasteiger partial charge in [0.2, 0.25) is 5.91 Å². The predicted molar refractivity (Wildman–Crippen MR) is 73.1 cm³/mol. The number of amides is 2. The Bertz CT molecular complexity index is 733. The molecule has 0 saturated heterocycles. The number of aromatic nitrogens is 1. The molecule has 1 aromatic heterocycles. The molecule has 2 aromatic rings. The number of benzene rings is 1. The maximum absolute atomic E-state index is 13.4. The molecule has 0 fully saturated rings. The average Bonchev–Trinajstić information content (AvgIpc) is 2.92. The van der Waals surface area contributed by atoms with Gasteiger partial charge in [-0.2, -0.15) is 0 Å². The second-order valence-electron chi connectivity index (χ2n) is 4.19. The van der Waals surface area contributed by atoms with Gasteiger partial charge in [0, 0.05) is 6.20 Å². The highest BCUT2D eigenvalue weighted by Crippen LogP contribution is 2.19. The molecular formula is C13H9ClF3N3O2. The summed E-state index contributed by atoms with van der Waals surface area (Å²) in [5.74, 6) is -5.99. The molecule has 5 nitrogen and oxygen atoms in total. The summed E-state index contributed by atoms with van der Waals surface area (Å²) >= 11 is 5.62. The van der Waals surface area contributed by atoms with Crippen LogP contribution in [-0.4, -0.2) is 23.3 Å². The normalized spacial score (nSPS) is 10.4. The van der Waals surface area contributed by atoms with Gasteiger partial charge in [-0.25, -0.2) is 13.2 Å². The van der Waals surface area contributed by atoms with Gasteiger partial charge in [-0.05, 0) is 18.2 Å². The first-order valence-corrected chi connectivity index (χ1v) is 6.31. The molecule has 0 bridgehead atoms. The fraction of sp³-hybridized carbons (Fsp3) is 0.0769. The molecule has 2 amide bonds. The lowest BCUT2D eigenvalue weighted by Gasteiger charge is -2.08. The van der Waals surface area contributed by atoms with Crippen LogP contribution in [0.2, 0.25) is 5.02 Å². The van der Waals surface area contributed by atoms with Gasteiger partial charge in [0.1, 0.15) is 5.69 Å². The molecule has 9 heteroatoms. The van der Waals surface area contributed by atoms with E-state index in [2.05, 4.69) is 10.3 Å². The van der Waals surface area contributed by atoms with Gasteiger partial charge in [0.05, 0.1) is 17.3 Å². The standard InChI is InChI=1S/C13H9ClF3N3O2/c14-6-3-9(18-4-6)13(22)19-5-10(21)20-8-2-1-7(15)11(16)12(8)17/h1-4,18H,5H2,(H,19,22)(H,20,21). The van der Waals surface area contributed by atoms with Crippen LogP contribution in [0.1, 0.15) is 10.5 Å². The smallest absolute Gasteiger partial charge is 0.268 e. The molecular weight excluding hydrogens is 323 g/mol. The summed E-state index contributed by atoms with van der Waals surface area (Å²) in [5, 5.41) is 4.58. The highest BCUT2D eigenvalue weighted by atomic mass is 35.5. The second kappa shape index (κ2) is 6.52. The van der Waals surface area contributed by atoms with Crippen LogP contribution in [0.4, 0.5) is 18.9 Å². The Kier molecular flexibility index (Phi) is 4.71. The van der Waals surface area contributed by atoms with E-state index in [4.69, 9.17) is 11.6 Å². The minimum absolute atomic E-state index is 0.136. The first-order chi connectivity index (χ1) is 10.4. The zero-order chi connectivity index (χ0) is 16.3. The summed E-state index contributed by atoms with van der Waals surface area (Å²) in [4.78, 5) is 25.7. The predicted octanol–water partition coefficient (Wildman–Crippen LogP) is 2.45. The van der Waals surface area contributed by atoms with Gasteiger partial charge in [0.25, 0.3) is 5.91 Å². The summed E-state index contributed by atoms with van der Waals surface area (Å²) in [5.41, 5.74) is -0.391. The SMILES string of the molecule is O=C(CNC(=O)c1cc(Cl)c[nH]1)Nc1ccc(F)c(F)c1F. The Labute approximate surface area is 127 Å². The molecule has 1 heterocycles. The van der Waals surface area contributed by atoms with Crippen molar-refractivity contribution < 1.29 is 22.8 Å². The van der Waals surface area contributed by atoms with E-state index in [0.29, 0.717) is 11.1 Å². The number of hydrogen-bond donors (Lipinski definition) is 3. The lowest BCUT2D eigenvalue weighted by Crippen LogP contribution is -2.33. The molecule has 0 atom stereocenters. The van der Waals surface area contributed by atoms with E-state index in [0.717, 1.165) is 6.07 Å². The van der Waals surface area contributed by atoms with Crippen molar-refractivity contribution in [3.63, 3.8) is 0 Å². The van der Waals surface area contributed by atoms with E-state index in [-0.39, 0.29) is 5.69 Å². The number of anilines is 1. The largest absolute Gasteiger partial charge is 0.356 e. The molecule has 1 aromatic carbocycles. The van der Waals surface area contributed by atoms with Crippen LogP contribution in [0.15, 0.2) is 24.4 Å². The average molecular weight is 332 g/mol. The van der Waals surface area contributed by atoms with Gasteiger partial charge in [-0.1, -0.05) is 11.6 Å². The Balaban J connectivity index is 1.94. The fourth-order valence-corrected chi connectivity index (χ4v) is 1.74. The third-order valence-corrected chi connectivity index (χ3v) is 2.83. The topological polar surface area (TPSA) is 74.0 Å². The first kappa shape index (κ1) is 15.9. The van der Waals surface area contributed by atoms with Gasteiger partial charge in [-0.15, -0.1) is 0 Å². The van der Waals surface area contributed by atoms with Crippen LogP contribution in [0.25, 0.3) is 0 Å². The number of hydrogen-bond acceptors (Lipinski definition) is 2. The van der Waals surface area contributed by atoms with E-state index >= 15 is 0 Å². The molecule has 0 radical (unpaired) electrons. The van der Waals surface area contributed by atoms with Crippen LogP contribution in [0.5, 0.6) is 0 Å². The van der Waals surface area contributed by atoms with Crippen LogP contribution in [0.3, 0.4) is 0 Å². The molecule has 2 rings (SSSR count). The third kappa shape index (κ3) is 3.59. The Morgan fingerprint density at radius 2 is 1.91 bits per heavy atom. The number of halogens is 4. The third-order valence-electron chi connectivity index (χ3n) is 2.61. The summed E-state index contributed by atoms with van der Waals surface area (Å²) < 4.78 is 39.1. The number of rotatable bonds is 4. The second-order valence-corrected chi connectivity index (χ2v) is 4.62. The molecule has 0 aliphatic rings. The maximum atomic E-state index is 13.4. The summed E-state index contributed by atoms with van der Waals surface area (Å²) in [6.45, 7) is -0.492. The minimum atomic E-state index is -1.69. The zero-order valence-corrected chi connectivity index (χ0v) is 11.6. The van der Waals surface area contributed by atoms with Crippen LogP contribution < -0.4 is 10.6 Å². The van der Waals surface area contributed by atoms with Crippen molar-refractivity contribution in [3.8, 4) is 0 Å². The summed E-state index contributed by atoms with van der Waals surface area (Å²) in [6.07, 6.45) is 1.38. The van der Waals surface area contributed by atoms with Crippen molar-refractivity contribution in [2.45, 2.75) is 0 Å². The van der Waals surface area contributed by atoms with Crippen molar-refractivity contribution in [1.82, 2.24) is 10.3 Å². The van der Waals surface area contributed by atoms with Gasteiger partial charge in [-0.3, -0.25) is 9.59 Å². The number of H-pyrrole nitrogens is 1. The van der Waals surface area contributed by atoms with Gasteiger partial charge < -0.3 is 15.6 Å². The quantitative estimate of drug-likeness (QED) is 0.753. The summed E-state index contributed by atoms with van der Waals surface area (Å²) in [6, 6.07) is 2.90. The Morgan fingerprint density at radius 1 is 1.18 bits per heavy atom. The molecule has 0 spiro atoms. The van der Waals surface area contributed by atoms with E-state index in [1.165, 1.54) is 12.3 Å². The Morgan fingerprint density at radius 3 is 2.55 bits per heavy atom. The molecule has 0 unspecified atom stereocenters. The lowest BCUT2D eigenvalue weighted by molar-refractivity contribution is -0.115. The van der Waals surface area contributed by atoms with Crippen molar-refractivity contribution in [1.29, 1.82) is 0 Å². The van der Waals surface area contributed by atoms with Crippen molar-refractivity contribution >= 4 is 29.1 Å². The van der Waals surface area contributed by atoms with Crippen molar-refractivity contribution in [2.24, 2.45) is 0 Å². The molecule has 22 heavy (non-hydrogen) atoms. The van der Waals surface area contributed by atoms with Gasteiger partial charge >= 0.3 is 0 Å². The van der Waals surface area contributed by atoms with Gasteiger partial charge in [0.15, 0.2) is 17.5 Å². The van der Waals surface area contributed by atoms with Crippen molar-refractivity contribution in [3.05, 3.63) is 52.6 Å². The number of nitrogens with one attached hydrogen (secondary N) is 3. The molecule has 3 N–H and O–H groups in total. The number of carbonyl (C=O) groups excluding carboxylic acids is 2. The highest BCUT2D eigenvalue weighted by molar-refractivity contribution is 6.31. The lowest BCUT2D eigenvalue weighted by atomic mass is 10.2. The maximum Gasteiger partial charge on any atom is 0.268 e. The molecule has 0 aliphatic carbocycles. The summed E-state index contributed by atoms with van der Waals surface area (Å²) in [7, 11) is 0. The van der Waals surface area contributed by atoms with E-state index in [1.54, 1.807) is 0 Å². The van der Waals surface area contributed by atoms with Crippen LogP contribution in [0, 0.1) is 17.5 Å². The van der Waals surface area contributed by atoms with Crippen molar-refractivity contribution in [2.75, 3.05) is 11.9 Å². The number of carbonyl (C=O) groups is 2. The molecule has 0 saturated carbocycles. The van der Waals surface area contributed by atoms with Crippen LogP contribution in [-0.2, 0) is 4.79 Å². The van der Waals surface area contributed by atoms with E-state index < -0.39 is 41.5 Å². The van der Waals surface area contributed by atoms with E-state index in [9.17, 15) is 22.8 Å². The molecule has 0 aliphatic heterocycles. The van der Waals surface area contributed by atoms with E-state index in [1.807, 2.05) is 5.32 Å². The Hall–Kier alpha value is -2.48. The number of aromatic amines is 1. The zero-order valence-electron chi connectivity index (χ0n) is 10.8. The fourth-order valence-electron chi connectivity index (χ4n) is 1.57. The highest BCUT2D eigenvalue weighted by Gasteiger charge is 2.16. The van der Waals surface area contributed by atoms with Crippen LogP contribution >= 0.6 is 11.6 Å². The molecule has 116 valence electrons.